The highest BCUT2D eigenvalue weighted by molar-refractivity contribution is 6.20. The predicted molar refractivity (Wildman–Crippen MR) is 74.4 cm³/mol. The molecule has 0 radical (unpaired) electrons. The third-order valence-electron chi connectivity index (χ3n) is 2.72. The number of rotatable bonds is 7. The number of ether oxygens (including phenoxy) is 1. The molecule has 0 aliphatic heterocycles. The first-order valence-corrected chi connectivity index (χ1v) is 6.37. The Balaban J connectivity index is 2.17. The number of ketones is 1. The Hall–Kier alpha value is -3.30. The topological polar surface area (TPSA) is 135 Å². The molecule has 10 nitrogen and oxygen atoms in total. The fourth-order valence-corrected chi connectivity index (χ4v) is 1.73. The zero-order chi connectivity index (χ0) is 16.8. The zero-order valence-electron chi connectivity index (χ0n) is 11.9. The Morgan fingerprint density at radius 1 is 1.39 bits per heavy atom. The molecule has 2 aromatic rings. The summed E-state index contributed by atoms with van der Waals surface area (Å²) < 4.78 is 9.66. The predicted octanol–water partition coefficient (Wildman–Crippen LogP) is 0.947. The fraction of sp³-hybridized carbons (Fsp3) is 0.231. The number of nitrogens with zero attached hydrogens (tertiary/aromatic N) is 3. The maximum absolute atomic E-state index is 11.9. The Morgan fingerprint density at radius 3 is 2.87 bits per heavy atom. The van der Waals surface area contributed by atoms with Crippen LogP contribution in [-0.2, 0) is 19.2 Å². The van der Waals surface area contributed by atoms with Crippen molar-refractivity contribution in [2.24, 2.45) is 0 Å². The van der Waals surface area contributed by atoms with Crippen LogP contribution >= 0.6 is 0 Å². The molecule has 0 N–H and O–H groups in total. The maximum Gasteiger partial charge on any atom is 0.341 e. The van der Waals surface area contributed by atoms with E-state index >= 15 is 0 Å². The lowest BCUT2D eigenvalue weighted by atomic mass is 10.1. The van der Waals surface area contributed by atoms with E-state index in [9.17, 15) is 19.7 Å². The first kappa shape index (κ1) is 16.1. The van der Waals surface area contributed by atoms with Gasteiger partial charge in [0.25, 0.3) is 5.09 Å². The third-order valence-corrected chi connectivity index (χ3v) is 2.72. The van der Waals surface area contributed by atoms with Crippen LogP contribution in [0.15, 0.2) is 28.3 Å². The molecular formula is C13H11N3O7. The van der Waals surface area contributed by atoms with Crippen molar-refractivity contribution < 1.29 is 28.8 Å². The zero-order valence-corrected chi connectivity index (χ0v) is 11.9. The van der Waals surface area contributed by atoms with Crippen LogP contribution in [0.2, 0.25) is 0 Å². The van der Waals surface area contributed by atoms with Crippen molar-refractivity contribution in [3.63, 3.8) is 0 Å². The Kier molecular flexibility index (Phi) is 4.97. The highest BCUT2D eigenvalue weighted by Gasteiger charge is 2.17. The van der Waals surface area contributed by atoms with Gasteiger partial charge in [-0.15, -0.1) is 15.2 Å². The molecule has 0 aliphatic carbocycles. The molecule has 0 saturated heterocycles. The second kappa shape index (κ2) is 7.11. The smallest absolute Gasteiger partial charge is 0.341 e. The lowest BCUT2D eigenvalue weighted by molar-refractivity contribution is -0.757. The molecule has 1 aromatic carbocycles. The number of aromatic nitrogens is 2. The van der Waals surface area contributed by atoms with Crippen LogP contribution in [0.4, 0.5) is 0 Å². The number of carbonyl (C=O) groups is 2. The standard InChI is InChI=1S/C13H11N3O7/c1-8(17)10(13(18)21-5-6-22-16(19)20)7-9-3-2-4-11-12(9)14-15-23-11/h2-4,7H,5-6H2,1H3. The van der Waals surface area contributed by atoms with Gasteiger partial charge in [0.05, 0.1) is 0 Å². The van der Waals surface area contributed by atoms with Gasteiger partial charge in [-0.25, -0.2) is 4.79 Å². The largest absolute Gasteiger partial charge is 0.460 e. The average molecular weight is 321 g/mol. The van der Waals surface area contributed by atoms with Crippen LogP contribution in [0, 0.1) is 10.1 Å². The SMILES string of the molecule is CC(=O)C(=Cc1cccc2onnc12)C(=O)OCCO[N+](=O)[O-]. The average Bonchev–Trinajstić information content (AvgIpc) is 2.97. The summed E-state index contributed by atoms with van der Waals surface area (Å²) in [7, 11) is 0. The monoisotopic (exact) mass is 321 g/mol. The van der Waals surface area contributed by atoms with E-state index in [2.05, 4.69) is 15.2 Å². The highest BCUT2D eigenvalue weighted by Crippen LogP contribution is 2.19. The summed E-state index contributed by atoms with van der Waals surface area (Å²) in [6, 6.07) is 4.90. The molecule has 0 saturated carbocycles. The minimum Gasteiger partial charge on any atom is -0.460 e. The number of hydrogen-bond acceptors (Lipinski definition) is 9. The molecule has 0 bridgehead atoms. The normalized spacial score (nSPS) is 11.3. The molecule has 0 spiro atoms. The molecule has 0 atom stereocenters. The summed E-state index contributed by atoms with van der Waals surface area (Å²) in [6.07, 6.45) is 1.30. The Labute approximate surface area is 128 Å². The van der Waals surface area contributed by atoms with E-state index in [1.807, 2.05) is 0 Å². The van der Waals surface area contributed by atoms with Gasteiger partial charge < -0.3 is 14.1 Å². The molecule has 0 unspecified atom stereocenters. The summed E-state index contributed by atoms with van der Waals surface area (Å²) in [6.45, 7) is 0.411. The molecule has 10 heteroatoms. The first-order valence-electron chi connectivity index (χ1n) is 6.37. The number of Topliss-reactive ketones (excluding diaryl/α,β-unsaturated/α-hetero) is 1. The molecule has 0 fully saturated rings. The lowest BCUT2D eigenvalue weighted by Crippen LogP contribution is -2.17. The van der Waals surface area contributed by atoms with Gasteiger partial charge >= 0.3 is 5.97 Å². The van der Waals surface area contributed by atoms with Gasteiger partial charge in [0, 0.05) is 10.8 Å². The summed E-state index contributed by atoms with van der Waals surface area (Å²) in [5.74, 6) is -1.45. The van der Waals surface area contributed by atoms with Crippen LogP contribution in [0.3, 0.4) is 0 Å². The quantitative estimate of drug-likeness (QED) is 0.139. The third kappa shape index (κ3) is 4.09. The van der Waals surface area contributed by atoms with Gasteiger partial charge in [-0.2, -0.15) is 0 Å². The fourth-order valence-electron chi connectivity index (χ4n) is 1.73. The van der Waals surface area contributed by atoms with Gasteiger partial charge in [-0.1, -0.05) is 12.1 Å². The first-order chi connectivity index (χ1) is 11.0. The summed E-state index contributed by atoms with van der Waals surface area (Å²) in [5.41, 5.74) is 0.999. The van der Waals surface area contributed by atoms with Crippen LogP contribution in [0.1, 0.15) is 12.5 Å². The van der Waals surface area contributed by atoms with Crippen molar-refractivity contribution in [3.05, 3.63) is 39.4 Å². The Bertz CT molecular complexity index is 781. The number of esters is 1. The van der Waals surface area contributed by atoms with Crippen LogP contribution in [0.5, 0.6) is 0 Å². The van der Waals surface area contributed by atoms with E-state index in [0.29, 0.717) is 16.7 Å². The lowest BCUT2D eigenvalue weighted by Gasteiger charge is -2.05. The van der Waals surface area contributed by atoms with Gasteiger partial charge in [0.15, 0.2) is 11.4 Å². The molecular weight excluding hydrogens is 310 g/mol. The van der Waals surface area contributed by atoms with Crippen LogP contribution in [0.25, 0.3) is 17.2 Å². The van der Waals surface area contributed by atoms with Crippen molar-refractivity contribution in [1.82, 2.24) is 10.4 Å². The van der Waals surface area contributed by atoms with Crippen molar-refractivity contribution in [3.8, 4) is 0 Å². The van der Waals surface area contributed by atoms with Gasteiger partial charge in [0.2, 0.25) is 0 Å². The summed E-state index contributed by atoms with van der Waals surface area (Å²) in [4.78, 5) is 37.5. The number of hydrogen-bond donors (Lipinski definition) is 0. The van der Waals surface area contributed by atoms with E-state index in [0.717, 1.165) is 0 Å². The highest BCUT2D eigenvalue weighted by atomic mass is 17.0. The molecule has 0 amide bonds. The van der Waals surface area contributed by atoms with Crippen LogP contribution < -0.4 is 0 Å². The van der Waals surface area contributed by atoms with Gasteiger partial charge in [-0.05, 0) is 19.1 Å². The molecule has 120 valence electrons. The van der Waals surface area contributed by atoms with E-state index in [1.165, 1.54) is 13.0 Å². The molecule has 1 heterocycles. The van der Waals surface area contributed by atoms with Crippen molar-refractivity contribution in [2.45, 2.75) is 6.92 Å². The van der Waals surface area contributed by atoms with Gasteiger partial charge in [-0.3, -0.25) is 4.79 Å². The molecule has 1 aromatic heterocycles. The van der Waals surface area contributed by atoms with Gasteiger partial charge in [0.1, 0.15) is 24.3 Å². The molecule has 2 rings (SSSR count). The summed E-state index contributed by atoms with van der Waals surface area (Å²) >= 11 is 0. The van der Waals surface area contributed by atoms with E-state index in [1.54, 1.807) is 18.2 Å². The van der Waals surface area contributed by atoms with Crippen molar-refractivity contribution in [2.75, 3.05) is 13.2 Å². The molecule has 0 aliphatic rings. The van der Waals surface area contributed by atoms with E-state index in [4.69, 9.17) is 9.26 Å². The molecule has 23 heavy (non-hydrogen) atoms. The van der Waals surface area contributed by atoms with E-state index in [-0.39, 0.29) is 12.2 Å². The minimum absolute atomic E-state index is 0.235. The van der Waals surface area contributed by atoms with Crippen molar-refractivity contribution >= 4 is 28.9 Å². The Morgan fingerprint density at radius 2 is 2.17 bits per heavy atom. The van der Waals surface area contributed by atoms with E-state index < -0.39 is 23.4 Å². The number of benzene rings is 1. The summed E-state index contributed by atoms with van der Waals surface area (Å²) in [5, 5.41) is 16.1. The number of carbonyl (C=O) groups excluding carboxylic acids is 2. The second-order valence-electron chi connectivity index (χ2n) is 4.27. The minimum atomic E-state index is -1.01. The maximum atomic E-state index is 11.9. The van der Waals surface area contributed by atoms with Crippen LogP contribution in [-0.4, -0.2) is 40.4 Å². The second-order valence-corrected chi connectivity index (χ2v) is 4.27. The van der Waals surface area contributed by atoms with Crippen molar-refractivity contribution in [1.29, 1.82) is 0 Å². The number of fused-ring (bicyclic) bond motifs is 1.